The first-order valence-electron chi connectivity index (χ1n) is 7.51. The molecule has 0 saturated carbocycles. The molecule has 3 aromatic rings. The van der Waals surface area contributed by atoms with Crippen molar-refractivity contribution in [3.05, 3.63) is 54.5 Å². The maximum absolute atomic E-state index is 5.37. The zero-order chi connectivity index (χ0) is 15.5. The van der Waals surface area contributed by atoms with Crippen LogP contribution in [0.1, 0.15) is 12.0 Å². The Morgan fingerprint density at radius 3 is 2.91 bits per heavy atom. The maximum Gasteiger partial charge on any atom is 0.259 e. The van der Waals surface area contributed by atoms with E-state index < -0.39 is 0 Å². The molecule has 1 aliphatic rings. The van der Waals surface area contributed by atoms with Gasteiger partial charge in [0.25, 0.3) is 5.89 Å². The summed E-state index contributed by atoms with van der Waals surface area (Å²) in [6.45, 7) is 1.88. The summed E-state index contributed by atoms with van der Waals surface area (Å²) in [5.74, 6) is 0.925. The largest absolute Gasteiger partial charge is 0.333 e. The minimum atomic E-state index is 0.448. The second kappa shape index (κ2) is 6.10. The SMILES string of the molecule is C1=C(c2cncc(-c3nc(-c4ccccn4)no3)c2)CNCC1. The highest BCUT2D eigenvalue weighted by Gasteiger charge is 2.13. The van der Waals surface area contributed by atoms with Gasteiger partial charge in [0, 0.05) is 25.1 Å². The van der Waals surface area contributed by atoms with Gasteiger partial charge in [-0.3, -0.25) is 9.97 Å². The highest BCUT2D eigenvalue weighted by atomic mass is 16.5. The van der Waals surface area contributed by atoms with E-state index in [1.165, 1.54) is 5.57 Å². The minimum Gasteiger partial charge on any atom is -0.333 e. The second-order valence-electron chi connectivity index (χ2n) is 5.30. The fourth-order valence-electron chi connectivity index (χ4n) is 2.54. The molecule has 0 aromatic carbocycles. The van der Waals surface area contributed by atoms with Crippen molar-refractivity contribution in [1.82, 2.24) is 25.4 Å². The van der Waals surface area contributed by atoms with Crippen molar-refractivity contribution in [2.24, 2.45) is 0 Å². The lowest BCUT2D eigenvalue weighted by Crippen LogP contribution is -2.21. The topological polar surface area (TPSA) is 76.7 Å². The predicted molar refractivity (Wildman–Crippen MR) is 86.2 cm³/mol. The van der Waals surface area contributed by atoms with Crippen molar-refractivity contribution >= 4 is 5.57 Å². The Hall–Kier alpha value is -2.86. The van der Waals surface area contributed by atoms with Gasteiger partial charge in [-0.25, -0.2) is 0 Å². The van der Waals surface area contributed by atoms with E-state index in [2.05, 4.69) is 31.5 Å². The van der Waals surface area contributed by atoms with Crippen molar-refractivity contribution in [2.75, 3.05) is 13.1 Å². The van der Waals surface area contributed by atoms with Gasteiger partial charge in [0.2, 0.25) is 5.82 Å². The van der Waals surface area contributed by atoms with Gasteiger partial charge in [0.05, 0.1) is 5.56 Å². The standard InChI is InChI=1S/C17H15N5O/c1-2-7-20-15(5-1)16-21-17(23-22-16)14-8-13(10-19-11-14)12-4-3-6-18-9-12/h1-2,4-5,7-8,10-11,18H,3,6,9H2. The molecule has 0 bridgehead atoms. The molecule has 0 fully saturated rings. The first kappa shape index (κ1) is 13.8. The number of nitrogens with one attached hydrogen (secondary N) is 1. The molecule has 6 heteroatoms. The van der Waals surface area contributed by atoms with Gasteiger partial charge in [0.1, 0.15) is 5.69 Å². The van der Waals surface area contributed by atoms with E-state index in [-0.39, 0.29) is 0 Å². The average molecular weight is 305 g/mol. The molecule has 6 nitrogen and oxygen atoms in total. The summed E-state index contributed by atoms with van der Waals surface area (Å²) in [6, 6.07) is 7.62. The highest BCUT2D eigenvalue weighted by Crippen LogP contribution is 2.24. The zero-order valence-corrected chi connectivity index (χ0v) is 12.4. The third-order valence-electron chi connectivity index (χ3n) is 3.70. The molecule has 0 saturated heterocycles. The summed E-state index contributed by atoms with van der Waals surface area (Å²) in [6.07, 6.45) is 8.57. The van der Waals surface area contributed by atoms with E-state index in [0.29, 0.717) is 17.4 Å². The van der Waals surface area contributed by atoms with E-state index in [0.717, 1.165) is 30.6 Å². The van der Waals surface area contributed by atoms with E-state index in [1.807, 2.05) is 30.5 Å². The van der Waals surface area contributed by atoms with Crippen LogP contribution in [0.25, 0.3) is 28.5 Å². The highest BCUT2D eigenvalue weighted by molar-refractivity contribution is 5.70. The molecule has 0 atom stereocenters. The molecule has 0 radical (unpaired) electrons. The summed E-state index contributed by atoms with van der Waals surface area (Å²) in [5.41, 5.74) is 3.82. The van der Waals surface area contributed by atoms with Gasteiger partial charge in [-0.15, -0.1) is 0 Å². The second-order valence-corrected chi connectivity index (χ2v) is 5.30. The van der Waals surface area contributed by atoms with Crippen molar-refractivity contribution in [2.45, 2.75) is 6.42 Å². The zero-order valence-electron chi connectivity index (χ0n) is 12.4. The minimum absolute atomic E-state index is 0.448. The van der Waals surface area contributed by atoms with Crippen LogP contribution in [0.3, 0.4) is 0 Å². The molecular formula is C17H15N5O. The molecule has 0 amide bonds. The Morgan fingerprint density at radius 1 is 1.13 bits per heavy atom. The number of rotatable bonds is 3. The van der Waals surface area contributed by atoms with Gasteiger partial charge < -0.3 is 9.84 Å². The van der Waals surface area contributed by atoms with Gasteiger partial charge in [-0.2, -0.15) is 4.98 Å². The average Bonchev–Trinajstić information content (AvgIpc) is 3.14. The number of hydrogen-bond donors (Lipinski definition) is 1. The van der Waals surface area contributed by atoms with Crippen molar-refractivity contribution in [3.8, 4) is 23.0 Å². The summed E-state index contributed by atoms with van der Waals surface area (Å²) in [5, 5.41) is 7.36. The smallest absolute Gasteiger partial charge is 0.259 e. The molecule has 0 spiro atoms. The summed E-state index contributed by atoms with van der Waals surface area (Å²) >= 11 is 0. The number of hydrogen-bond acceptors (Lipinski definition) is 6. The van der Waals surface area contributed by atoms with E-state index in [4.69, 9.17) is 4.52 Å². The summed E-state index contributed by atoms with van der Waals surface area (Å²) < 4.78 is 5.37. The molecule has 0 unspecified atom stereocenters. The fraction of sp³-hybridized carbons (Fsp3) is 0.176. The van der Waals surface area contributed by atoms with Crippen LogP contribution in [0.4, 0.5) is 0 Å². The molecular weight excluding hydrogens is 290 g/mol. The Morgan fingerprint density at radius 2 is 2.09 bits per heavy atom. The fourth-order valence-corrected chi connectivity index (χ4v) is 2.54. The molecule has 114 valence electrons. The Balaban J connectivity index is 1.66. The lowest BCUT2D eigenvalue weighted by Gasteiger charge is -2.14. The Bertz CT molecular complexity index is 841. The maximum atomic E-state index is 5.37. The third kappa shape index (κ3) is 2.89. The first-order chi connectivity index (χ1) is 11.4. The van der Waals surface area contributed by atoms with E-state index in [1.54, 1.807) is 12.4 Å². The van der Waals surface area contributed by atoms with Crippen LogP contribution in [0.15, 0.2) is 53.5 Å². The summed E-state index contributed by atoms with van der Waals surface area (Å²) in [7, 11) is 0. The van der Waals surface area contributed by atoms with Gasteiger partial charge in [-0.05, 0) is 42.3 Å². The quantitative estimate of drug-likeness (QED) is 0.801. The first-order valence-corrected chi connectivity index (χ1v) is 7.51. The van der Waals surface area contributed by atoms with E-state index >= 15 is 0 Å². The molecule has 23 heavy (non-hydrogen) atoms. The van der Waals surface area contributed by atoms with Crippen LogP contribution >= 0.6 is 0 Å². The number of nitrogens with zero attached hydrogens (tertiary/aromatic N) is 4. The van der Waals surface area contributed by atoms with E-state index in [9.17, 15) is 0 Å². The van der Waals surface area contributed by atoms with Crippen LogP contribution in [0, 0.1) is 0 Å². The lowest BCUT2D eigenvalue weighted by atomic mass is 10.0. The molecule has 3 aromatic heterocycles. The van der Waals surface area contributed by atoms with Crippen LogP contribution in [0.5, 0.6) is 0 Å². The van der Waals surface area contributed by atoms with Gasteiger partial charge in [0.15, 0.2) is 0 Å². The number of pyridine rings is 2. The van der Waals surface area contributed by atoms with Crippen LogP contribution in [0.2, 0.25) is 0 Å². The summed E-state index contributed by atoms with van der Waals surface area (Å²) in [4.78, 5) is 13.0. The predicted octanol–water partition coefficient (Wildman–Crippen LogP) is 2.57. The molecule has 4 heterocycles. The normalized spacial score (nSPS) is 14.5. The van der Waals surface area contributed by atoms with Crippen LogP contribution in [-0.2, 0) is 0 Å². The van der Waals surface area contributed by atoms with Crippen molar-refractivity contribution in [1.29, 1.82) is 0 Å². The van der Waals surface area contributed by atoms with Gasteiger partial charge in [-0.1, -0.05) is 17.3 Å². The molecule has 1 aliphatic heterocycles. The number of aromatic nitrogens is 4. The molecule has 4 rings (SSSR count). The third-order valence-corrected chi connectivity index (χ3v) is 3.70. The van der Waals surface area contributed by atoms with Crippen molar-refractivity contribution < 1.29 is 4.52 Å². The monoisotopic (exact) mass is 305 g/mol. The Kier molecular flexibility index (Phi) is 3.65. The molecule has 0 aliphatic carbocycles. The van der Waals surface area contributed by atoms with Crippen LogP contribution in [-0.4, -0.2) is 33.2 Å². The van der Waals surface area contributed by atoms with Crippen molar-refractivity contribution in [3.63, 3.8) is 0 Å². The Labute approximate surface area is 133 Å². The van der Waals surface area contributed by atoms with Gasteiger partial charge >= 0.3 is 0 Å². The molecule has 1 N–H and O–H groups in total. The lowest BCUT2D eigenvalue weighted by molar-refractivity contribution is 0.432. The van der Waals surface area contributed by atoms with Crippen LogP contribution < -0.4 is 5.32 Å².